The van der Waals surface area contributed by atoms with Crippen molar-refractivity contribution in [3.05, 3.63) is 28.6 Å². The number of carbonyl (C=O) groups excluding carboxylic acids is 2. The number of esters is 2. The Bertz CT molecular complexity index is 862. The zero-order valence-electron chi connectivity index (χ0n) is 15.3. The molecule has 0 bridgehead atoms. The molecule has 1 heterocycles. The summed E-state index contributed by atoms with van der Waals surface area (Å²) >= 11 is 1.18. The molecule has 0 radical (unpaired) electrons. The highest BCUT2D eigenvalue weighted by Crippen LogP contribution is 2.39. The molecule has 0 aliphatic heterocycles. The maximum atomic E-state index is 12.1. The van der Waals surface area contributed by atoms with E-state index in [1.165, 1.54) is 18.4 Å². The van der Waals surface area contributed by atoms with E-state index in [0.717, 1.165) is 4.70 Å². The first kappa shape index (κ1) is 19.7. The average molecular weight is 379 g/mol. The number of benzene rings is 1. The van der Waals surface area contributed by atoms with Gasteiger partial charge < -0.3 is 19.4 Å². The Morgan fingerprint density at radius 3 is 2.54 bits per heavy atom. The Labute approximate surface area is 155 Å². The molecule has 0 aliphatic rings. The second-order valence-corrected chi connectivity index (χ2v) is 7.58. The zero-order chi connectivity index (χ0) is 19.5. The first-order chi connectivity index (χ1) is 12.2. The summed E-state index contributed by atoms with van der Waals surface area (Å²) in [5, 5.41) is 12.8. The van der Waals surface area contributed by atoms with Gasteiger partial charge in [0.25, 0.3) is 0 Å². The van der Waals surface area contributed by atoms with Gasteiger partial charge in [-0.3, -0.25) is 0 Å². The van der Waals surface area contributed by atoms with Crippen LogP contribution in [0.15, 0.2) is 23.4 Å². The molecule has 2 rings (SSSR count). The predicted molar refractivity (Wildman–Crippen MR) is 98.5 cm³/mol. The molecule has 0 unspecified atom stereocenters. The van der Waals surface area contributed by atoms with Crippen LogP contribution in [0.4, 0.5) is 0 Å². The molecule has 0 saturated heterocycles. The lowest BCUT2D eigenvalue weighted by atomic mass is 10.1. The Morgan fingerprint density at radius 2 is 1.96 bits per heavy atom. The van der Waals surface area contributed by atoms with Crippen molar-refractivity contribution >= 4 is 39.1 Å². The topological polar surface area (TPSA) is 94.4 Å². The lowest BCUT2D eigenvalue weighted by molar-refractivity contribution is -0.157. The van der Waals surface area contributed by atoms with E-state index in [-0.39, 0.29) is 17.2 Å². The molecule has 1 aromatic heterocycles. The lowest BCUT2D eigenvalue weighted by Gasteiger charge is -2.19. The van der Waals surface area contributed by atoms with Crippen LogP contribution in [-0.2, 0) is 14.3 Å². The molecule has 1 N–H and O–H groups in total. The summed E-state index contributed by atoms with van der Waals surface area (Å²) in [5.74, 6) is -0.820. The van der Waals surface area contributed by atoms with E-state index in [4.69, 9.17) is 19.4 Å². The Morgan fingerprint density at radius 1 is 1.27 bits per heavy atom. The molecule has 2 aromatic rings. The SMILES string of the molecule is COC(=O)c1sc2cc(/C(C)=N/O)ccc2c1OCC(=O)OC(C)(C)C. The van der Waals surface area contributed by atoms with Gasteiger partial charge in [-0.05, 0) is 39.8 Å². The summed E-state index contributed by atoms with van der Waals surface area (Å²) in [6, 6.07) is 5.26. The fourth-order valence-electron chi connectivity index (χ4n) is 2.23. The van der Waals surface area contributed by atoms with Gasteiger partial charge in [-0.2, -0.15) is 0 Å². The molecule has 8 heteroatoms. The third kappa shape index (κ3) is 4.51. The second kappa shape index (κ2) is 7.74. The molecule has 140 valence electrons. The van der Waals surface area contributed by atoms with Gasteiger partial charge in [-0.25, -0.2) is 9.59 Å². The van der Waals surface area contributed by atoms with Crippen LogP contribution in [0.1, 0.15) is 42.9 Å². The van der Waals surface area contributed by atoms with Gasteiger partial charge >= 0.3 is 11.9 Å². The molecule has 1 aromatic carbocycles. The second-order valence-electron chi connectivity index (χ2n) is 6.52. The molecule has 0 fully saturated rings. The van der Waals surface area contributed by atoms with Crippen LogP contribution < -0.4 is 4.74 Å². The number of rotatable bonds is 5. The van der Waals surface area contributed by atoms with Crippen molar-refractivity contribution in [1.82, 2.24) is 0 Å². The van der Waals surface area contributed by atoms with E-state index in [1.54, 1.807) is 45.9 Å². The maximum absolute atomic E-state index is 12.1. The molecule has 7 nitrogen and oxygen atoms in total. The molecular weight excluding hydrogens is 358 g/mol. The van der Waals surface area contributed by atoms with Crippen molar-refractivity contribution in [3.63, 3.8) is 0 Å². The van der Waals surface area contributed by atoms with Gasteiger partial charge in [0.1, 0.15) is 5.60 Å². The minimum absolute atomic E-state index is 0.252. The van der Waals surface area contributed by atoms with Crippen molar-refractivity contribution in [2.75, 3.05) is 13.7 Å². The number of ether oxygens (including phenoxy) is 3. The van der Waals surface area contributed by atoms with Crippen molar-refractivity contribution in [3.8, 4) is 5.75 Å². The smallest absolute Gasteiger partial charge is 0.351 e. The zero-order valence-corrected chi connectivity index (χ0v) is 16.1. The van der Waals surface area contributed by atoms with Gasteiger partial charge in [0.15, 0.2) is 17.2 Å². The molecule has 26 heavy (non-hydrogen) atoms. The molecule has 0 atom stereocenters. The van der Waals surface area contributed by atoms with Gasteiger partial charge in [0, 0.05) is 15.6 Å². The van der Waals surface area contributed by atoms with E-state index in [1.807, 2.05) is 0 Å². The highest BCUT2D eigenvalue weighted by atomic mass is 32.1. The van der Waals surface area contributed by atoms with Crippen LogP contribution in [0.5, 0.6) is 5.75 Å². The first-order valence-corrected chi connectivity index (χ1v) is 8.66. The fraction of sp³-hybridized carbons (Fsp3) is 0.389. The summed E-state index contributed by atoms with van der Waals surface area (Å²) in [6.07, 6.45) is 0. The van der Waals surface area contributed by atoms with Crippen molar-refractivity contribution in [1.29, 1.82) is 0 Å². The van der Waals surface area contributed by atoms with Crippen molar-refractivity contribution in [2.45, 2.75) is 33.3 Å². The third-order valence-corrected chi connectivity index (χ3v) is 4.45. The average Bonchev–Trinajstić information content (AvgIpc) is 2.94. The number of fused-ring (bicyclic) bond motifs is 1. The van der Waals surface area contributed by atoms with Gasteiger partial charge in [0.2, 0.25) is 0 Å². The van der Waals surface area contributed by atoms with E-state index >= 15 is 0 Å². The van der Waals surface area contributed by atoms with Gasteiger partial charge in [-0.1, -0.05) is 11.2 Å². The van der Waals surface area contributed by atoms with Crippen LogP contribution >= 0.6 is 11.3 Å². The van der Waals surface area contributed by atoms with E-state index < -0.39 is 17.5 Å². The molecule has 0 aliphatic carbocycles. The van der Waals surface area contributed by atoms with Crippen LogP contribution in [-0.4, -0.2) is 42.2 Å². The van der Waals surface area contributed by atoms with Crippen LogP contribution in [0.2, 0.25) is 0 Å². The first-order valence-electron chi connectivity index (χ1n) is 7.85. The molecule has 0 spiro atoms. The van der Waals surface area contributed by atoms with Gasteiger partial charge in [-0.15, -0.1) is 11.3 Å². The number of hydrogen-bond acceptors (Lipinski definition) is 8. The highest BCUT2D eigenvalue weighted by Gasteiger charge is 2.23. The van der Waals surface area contributed by atoms with E-state index in [9.17, 15) is 9.59 Å². The van der Waals surface area contributed by atoms with Crippen molar-refractivity contribution in [2.24, 2.45) is 5.16 Å². The normalized spacial score (nSPS) is 12.1. The van der Waals surface area contributed by atoms with Crippen LogP contribution in [0, 0.1) is 0 Å². The molecule has 0 amide bonds. The summed E-state index contributed by atoms with van der Waals surface area (Å²) < 4.78 is 16.4. The van der Waals surface area contributed by atoms with Crippen molar-refractivity contribution < 1.29 is 29.0 Å². The number of thiophene rings is 1. The number of methoxy groups -OCH3 is 1. The summed E-state index contributed by atoms with van der Waals surface area (Å²) in [7, 11) is 1.28. The predicted octanol–water partition coefficient (Wildman–Crippen LogP) is 3.61. The van der Waals surface area contributed by atoms with E-state index in [2.05, 4.69) is 5.16 Å². The Hall–Kier alpha value is -2.61. The van der Waals surface area contributed by atoms with Crippen LogP contribution in [0.25, 0.3) is 10.1 Å². The molecular formula is C18H21NO6S. The molecule has 0 saturated carbocycles. The lowest BCUT2D eigenvalue weighted by Crippen LogP contribution is -2.27. The third-order valence-electron chi connectivity index (χ3n) is 3.34. The fourth-order valence-corrected chi connectivity index (χ4v) is 3.33. The number of carbonyl (C=O) groups is 2. The standard InChI is InChI=1S/C18H21NO6S/c1-10(19-22)11-6-7-12-13(8-11)26-16(17(21)23-5)15(12)24-9-14(20)25-18(2,3)4/h6-8,22H,9H2,1-5H3/b19-10+. The quantitative estimate of drug-likeness (QED) is 0.369. The van der Waals surface area contributed by atoms with Crippen LogP contribution in [0.3, 0.4) is 0 Å². The summed E-state index contributed by atoms with van der Waals surface area (Å²) in [4.78, 5) is 24.3. The number of hydrogen-bond donors (Lipinski definition) is 1. The van der Waals surface area contributed by atoms with E-state index in [0.29, 0.717) is 16.7 Å². The maximum Gasteiger partial charge on any atom is 0.351 e. The minimum Gasteiger partial charge on any atom is -0.479 e. The Kier molecular flexibility index (Phi) is 5.86. The monoisotopic (exact) mass is 379 g/mol. The minimum atomic E-state index is -0.627. The summed E-state index contributed by atoms with van der Waals surface area (Å²) in [5.41, 5.74) is 0.519. The number of oxime groups is 1. The largest absolute Gasteiger partial charge is 0.479 e. The van der Waals surface area contributed by atoms with Gasteiger partial charge in [0.05, 0.1) is 12.8 Å². The Balaban J connectivity index is 2.39. The summed E-state index contributed by atoms with van der Waals surface area (Å²) in [6.45, 7) is 6.62. The number of nitrogens with zero attached hydrogens (tertiary/aromatic N) is 1. The highest BCUT2D eigenvalue weighted by molar-refractivity contribution is 7.21.